The van der Waals surface area contributed by atoms with E-state index < -0.39 is 0 Å². The molecule has 246 valence electrons. The number of rotatable bonds is 23. The minimum Gasteiger partial charge on any atom is -0.330 e. The molecule has 2 atom stereocenters. The van der Waals surface area contributed by atoms with Crippen molar-refractivity contribution in [3.05, 3.63) is 131 Å². The first-order chi connectivity index (χ1) is 22.7. The van der Waals surface area contributed by atoms with Crippen molar-refractivity contribution in [2.75, 3.05) is 39.3 Å². The van der Waals surface area contributed by atoms with E-state index in [-0.39, 0.29) is 0 Å². The minimum absolute atomic E-state index is 0.347. The highest BCUT2D eigenvalue weighted by molar-refractivity contribution is 5.65. The van der Waals surface area contributed by atoms with E-state index in [9.17, 15) is 0 Å². The molecular formula is C40H56N6. The first-order valence-corrected chi connectivity index (χ1v) is 17.3. The molecule has 6 nitrogen and oxygen atoms in total. The minimum atomic E-state index is 0.347. The lowest BCUT2D eigenvalue weighted by molar-refractivity contribution is 0.467. The lowest BCUT2D eigenvalue weighted by Gasteiger charge is -2.22. The summed E-state index contributed by atoms with van der Waals surface area (Å²) in [6.45, 7) is 7.10. The molecule has 2 unspecified atom stereocenters. The van der Waals surface area contributed by atoms with E-state index in [1.165, 1.54) is 33.4 Å². The fourth-order valence-corrected chi connectivity index (χ4v) is 6.02. The highest BCUT2D eigenvalue weighted by Gasteiger charge is 2.14. The van der Waals surface area contributed by atoms with Crippen LogP contribution in [0.15, 0.2) is 109 Å². The second-order valence-electron chi connectivity index (χ2n) is 12.3. The van der Waals surface area contributed by atoms with Crippen molar-refractivity contribution >= 4 is 0 Å². The van der Waals surface area contributed by atoms with Crippen LogP contribution in [0, 0.1) is 0 Å². The summed E-state index contributed by atoms with van der Waals surface area (Å²) in [6.07, 6.45) is 6.00. The summed E-state index contributed by atoms with van der Waals surface area (Å²) in [5.74, 6) is 0. The van der Waals surface area contributed by atoms with Gasteiger partial charge in [-0.2, -0.15) is 0 Å². The van der Waals surface area contributed by atoms with E-state index >= 15 is 0 Å². The molecule has 0 heterocycles. The fraction of sp³-hybridized carbons (Fsp3) is 0.400. The smallest absolute Gasteiger partial charge is 0.0205 e. The van der Waals surface area contributed by atoms with Crippen LogP contribution < -0.4 is 32.7 Å². The Morgan fingerprint density at radius 3 is 1.33 bits per heavy atom. The molecule has 4 rings (SSSR count). The third-order valence-electron chi connectivity index (χ3n) is 8.42. The van der Waals surface area contributed by atoms with E-state index in [0.717, 1.165) is 77.8 Å². The number of benzene rings is 4. The van der Waals surface area contributed by atoms with Crippen LogP contribution in [0.4, 0.5) is 0 Å². The van der Waals surface area contributed by atoms with Crippen molar-refractivity contribution < 1.29 is 0 Å². The molecule has 6 heteroatoms. The third kappa shape index (κ3) is 13.6. The van der Waals surface area contributed by atoms with Gasteiger partial charge in [-0.05, 0) is 111 Å². The van der Waals surface area contributed by atoms with E-state index in [0.29, 0.717) is 25.2 Å². The van der Waals surface area contributed by atoms with E-state index in [1.54, 1.807) is 0 Å². The van der Waals surface area contributed by atoms with Gasteiger partial charge in [-0.1, -0.05) is 109 Å². The number of nitrogens with one attached hydrogen (secondary N) is 4. The molecule has 0 saturated carbocycles. The van der Waals surface area contributed by atoms with Crippen LogP contribution in [0.5, 0.6) is 0 Å². The van der Waals surface area contributed by atoms with Gasteiger partial charge in [-0.25, -0.2) is 0 Å². The summed E-state index contributed by atoms with van der Waals surface area (Å²) >= 11 is 0. The largest absolute Gasteiger partial charge is 0.330 e. The van der Waals surface area contributed by atoms with E-state index in [2.05, 4.69) is 130 Å². The van der Waals surface area contributed by atoms with Crippen LogP contribution in [-0.2, 0) is 25.9 Å². The van der Waals surface area contributed by atoms with Gasteiger partial charge in [-0.15, -0.1) is 0 Å². The maximum atomic E-state index is 6.08. The van der Waals surface area contributed by atoms with Gasteiger partial charge in [0.15, 0.2) is 0 Å². The molecule has 0 aliphatic carbocycles. The second-order valence-corrected chi connectivity index (χ2v) is 12.3. The van der Waals surface area contributed by atoms with Crippen LogP contribution in [0.25, 0.3) is 11.1 Å². The van der Waals surface area contributed by atoms with Crippen LogP contribution >= 0.6 is 0 Å². The molecule has 4 aromatic rings. The predicted octanol–water partition coefficient (Wildman–Crippen LogP) is 5.41. The molecule has 0 bridgehead atoms. The Morgan fingerprint density at radius 1 is 0.457 bits per heavy atom. The Kier molecular flexibility index (Phi) is 16.5. The van der Waals surface area contributed by atoms with Crippen LogP contribution in [0.3, 0.4) is 0 Å². The SMILES string of the molecule is NCCC(Cc1cc(CC(CCN)NCCCNCc2ccccc2)cc(-c2ccccc2)c1)NCCCNCc1ccccc1. The zero-order valence-electron chi connectivity index (χ0n) is 27.6. The standard InChI is InChI=1S/C40H56N6/c41-20-18-39(45-24-10-22-43-31-33-12-4-1-5-13-33)29-35-26-36(28-38(27-35)37-16-8-3-9-17-37)30-40(19-21-42)46-25-11-23-44-32-34-14-6-2-7-15-34/h1-9,12-17,26-28,39-40,43-46H,10-11,18-25,29-32,41-42H2. The predicted molar refractivity (Wildman–Crippen MR) is 196 cm³/mol. The lowest BCUT2D eigenvalue weighted by atomic mass is 9.92. The molecule has 0 spiro atoms. The Balaban J connectivity index is 1.32. The van der Waals surface area contributed by atoms with Crippen molar-refractivity contribution in [2.24, 2.45) is 11.5 Å². The van der Waals surface area contributed by atoms with Crippen molar-refractivity contribution in [3.8, 4) is 11.1 Å². The monoisotopic (exact) mass is 620 g/mol. The summed E-state index contributed by atoms with van der Waals surface area (Å²) in [4.78, 5) is 0. The fourth-order valence-electron chi connectivity index (χ4n) is 6.02. The van der Waals surface area contributed by atoms with Crippen molar-refractivity contribution in [3.63, 3.8) is 0 Å². The molecule has 0 amide bonds. The molecule has 0 saturated heterocycles. The first kappa shape index (κ1) is 35.5. The first-order valence-electron chi connectivity index (χ1n) is 17.3. The zero-order valence-corrected chi connectivity index (χ0v) is 27.6. The van der Waals surface area contributed by atoms with Gasteiger partial charge in [0.05, 0.1) is 0 Å². The molecule has 0 fully saturated rings. The van der Waals surface area contributed by atoms with Gasteiger partial charge in [0, 0.05) is 25.2 Å². The molecule has 4 aromatic carbocycles. The number of hydrogen-bond donors (Lipinski definition) is 6. The lowest BCUT2D eigenvalue weighted by Crippen LogP contribution is -2.35. The van der Waals surface area contributed by atoms with E-state index in [4.69, 9.17) is 11.5 Å². The average Bonchev–Trinajstić information content (AvgIpc) is 3.09. The van der Waals surface area contributed by atoms with Crippen LogP contribution in [-0.4, -0.2) is 51.4 Å². The Hall–Kier alpha value is -3.36. The third-order valence-corrected chi connectivity index (χ3v) is 8.42. The Labute approximate surface area is 277 Å². The quantitative estimate of drug-likeness (QED) is 0.0621. The van der Waals surface area contributed by atoms with Gasteiger partial charge < -0.3 is 32.7 Å². The van der Waals surface area contributed by atoms with Crippen molar-refractivity contribution in [1.82, 2.24) is 21.3 Å². The molecule has 0 radical (unpaired) electrons. The maximum Gasteiger partial charge on any atom is 0.0205 e. The molecular weight excluding hydrogens is 564 g/mol. The summed E-state index contributed by atoms with van der Waals surface area (Å²) < 4.78 is 0. The Morgan fingerprint density at radius 2 is 0.891 bits per heavy atom. The normalized spacial score (nSPS) is 12.7. The van der Waals surface area contributed by atoms with Gasteiger partial charge in [0.1, 0.15) is 0 Å². The van der Waals surface area contributed by atoms with Crippen molar-refractivity contribution in [1.29, 1.82) is 0 Å². The highest BCUT2D eigenvalue weighted by Crippen LogP contribution is 2.24. The molecule has 8 N–H and O–H groups in total. The number of nitrogens with two attached hydrogens (primary N) is 2. The highest BCUT2D eigenvalue weighted by atomic mass is 14.9. The average molecular weight is 621 g/mol. The molecule has 0 aliphatic rings. The molecule has 0 aliphatic heterocycles. The summed E-state index contributed by atoms with van der Waals surface area (Å²) in [7, 11) is 0. The van der Waals surface area contributed by atoms with Gasteiger partial charge in [-0.3, -0.25) is 0 Å². The zero-order chi connectivity index (χ0) is 32.1. The van der Waals surface area contributed by atoms with Gasteiger partial charge in [0.2, 0.25) is 0 Å². The molecule has 46 heavy (non-hydrogen) atoms. The number of hydrogen-bond acceptors (Lipinski definition) is 6. The van der Waals surface area contributed by atoms with Crippen LogP contribution in [0.1, 0.15) is 47.9 Å². The molecule has 0 aromatic heterocycles. The topological polar surface area (TPSA) is 100 Å². The second kappa shape index (κ2) is 21.4. The van der Waals surface area contributed by atoms with E-state index in [1.807, 2.05) is 0 Å². The van der Waals surface area contributed by atoms with Gasteiger partial charge >= 0.3 is 0 Å². The summed E-state index contributed by atoms with van der Waals surface area (Å²) in [5.41, 5.74) is 20.1. The maximum absolute atomic E-state index is 6.08. The summed E-state index contributed by atoms with van der Waals surface area (Å²) in [6, 6.07) is 39.8. The van der Waals surface area contributed by atoms with Crippen LogP contribution in [0.2, 0.25) is 0 Å². The van der Waals surface area contributed by atoms with Crippen molar-refractivity contribution in [2.45, 2.75) is 63.7 Å². The summed E-state index contributed by atoms with van der Waals surface area (Å²) in [5, 5.41) is 14.7. The Bertz CT molecular complexity index is 1250. The van der Waals surface area contributed by atoms with Gasteiger partial charge in [0.25, 0.3) is 0 Å².